The molecule has 1 rings (SSSR count). The number of hydrogen-bond acceptors (Lipinski definition) is 2. The van der Waals surface area contributed by atoms with Crippen molar-refractivity contribution in [1.29, 1.82) is 0 Å². The third-order valence-corrected chi connectivity index (χ3v) is 5.82. The maximum absolute atomic E-state index is 5.81. The first-order valence-corrected chi connectivity index (χ1v) is 7.99. The molecule has 0 amide bonds. The van der Waals surface area contributed by atoms with Gasteiger partial charge < -0.3 is 9.16 Å². The Kier molecular flexibility index (Phi) is 6.48. The van der Waals surface area contributed by atoms with Crippen molar-refractivity contribution in [3.05, 3.63) is 0 Å². The van der Waals surface area contributed by atoms with Crippen LogP contribution in [0.15, 0.2) is 0 Å². The molecule has 2 unspecified atom stereocenters. The zero-order valence-electron chi connectivity index (χ0n) is 9.63. The van der Waals surface area contributed by atoms with Gasteiger partial charge in [-0.2, -0.15) is 0 Å². The zero-order chi connectivity index (χ0) is 10.2. The average Bonchev–Trinajstić information content (AvgIpc) is 2.25. The van der Waals surface area contributed by atoms with E-state index >= 15 is 0 Å². The van der Waals surface area contributed by atoms with E-state index in [4.69, 9.17) is 9.16 Å². The predicted octanol–water partition coefficient (Wildman–Crippen LogP) is 2.66. The summed E-state index contributed by atoms with van der Waals surface area (Å²) in [7, 11) is -0.994. The summed E-state index contributed by atoms with van der Waals surface area (Å²) in [6, 6.07) is 0. The van der Waals surface area contributed by atoms with Crippen molar-refractivity contribution in [3.63, 3.8) is 0 Å². The van der Waals surface area contributed by atoms with Crippen molar-refractivity contribution in [3.8, 4) is 0 Å². The van der Waals surface area contributed by atoms with Gasteiger partial charge in [0.1, 0.15) is 0 Å². The quantitative estimate of drug-likeness (QED) is 0.502. The monoisotopic (exact) mass is 216 g/mol. The molecule has 1 saturated heterocycles. The molecule has 0 aromatic rings. The van der Waals surface area contributed by atoms with Crippen LogP contribution in [0, 0.1) is 0 Å². The smallest absolute Gasteiger partial charge is 0.205 e. The molecule has 0 N–H and O–H groups in total. The van der Waals surface area contributed by atoms with E-state index in [9.17, 15) is 0 Å². The third kappa shape index (κ3) is 4.58. The first-order chi connectivity index (χ1) is 6.84. The second-order valence-corrected chi connectivity index (χ2v) is 7.19. The maximum atomic E-state index is 5.81. The average molecular weight is 216 g/mol. The topological polar surface area (TPSA) is 18.5 Å². The molecule has 0 spiro atoms. The molecule has 3 heteroatoms. The summed E-state index contributed by atoms with van der Waals surface area (Å²) >= 11 is 0. The molecule has 14 heavy (non-hydrogen) atoms. The second kappa shape index (κ2) is 7.43. The molecule has 0 aromatic heterocycles. The SMILES string of the molecule is CCCCCCC(C)[SiH]1COCCO1. The third-order valence-electron chi connectivity index (χ3n) is 2.99. The van der Waals surface area contributed by atoms with Gasteiger partial charge in [-0.25, -0.2) is 0 Å². The minimum absolute atomic E-state index is 0.798. The fourth-order valence-electron chi connectivity index (χ4n) is 1.91. The highest BCUT2D eigenvalue weighted by atomic mass is 28.3. The van der Waals surface area contributed by atoms with E-state index in [1.807, 2.05) is 0 Å². The summed E-state index contributed by atoms with van der Waals surface area (Å²) in [6.45, 7) is 6.26. The molecule has 0 radical (unpaired) electrons. The van der Waals surface area contributed by atoms with Crippen LogP contribution >= 0.6 is 0 Å². The molecular weight excluding hydrogens is 192 g/mol. The zero-order valence-corrected chi connectivity index (χ0v) is 10.8. The highest BCUT2D eigenvalue weighted by molar-refractivity contribution is 6.53. The summed E-state index contributed by atoms with van der Waals surface area (Å²) in [5.74, 6) is 0. The van der Waals surface area contributed by atoms with E-state index in [-0.39, 0.29) is 0 Å². The van der Waals surface area contributed by atoms with Gasteiger partial charge in [-0.15, -0.1) is 0 Å². The Balaban J connectivity index is 2.04. The van der Waals surface area contributed by atoms with Gasteiger partial charge in [0.15, 0.2) is 0 Å². The maximum Gasteiger partial charge on any atom is 0.205 e. The van der Waals surface area contributed by atoms with E-state index in [0.29, 0.717) is 0 Å². The van der Waals surface area contributed by atoms with Gasteiger partial charge in [-0.1, -0.05) is 46.0 Å². The van der Waals surface area contributed by atoms with Crippen molar-refractivity contribution >= 4 is 9.04 Å². The van der Waals surface area contributed by atoms with Crippen LogP contribution in [0.5, 0.6) is 0 Å². The molecule has 1 fully saturated rings. The summed E-state index contributed by atoms with van der Waals surface area (Å²) in [5.41, 5.74) is 0.798. The van der Waals surface area contributed by atoms with Crippen LogP contribution in [0.1, 0.15) is 46.0 Å². The Hall–Kier alpha value is 0.137. The van der Waals surface area contributed by atoms with Crippen molar-refractivity contribution in [2.75, 3.05) is 19.4 Å². The highest BCUT2D eigenvalue weighted by Crippen LogP contribution is 2.21. The minimum atomic E-state index is -0.994. The van der Waals surface area contributed by atoms with Crippen LogP contribution in [-0.4, -0.2) is 28.5 Å². The van der Waals surface area contributed by atoms with Crippen molar-refractivity contribution in [2.45, 2.75) is 51.5 Å². The molecule has 2 nitrogen and oxygen atoms in total. The Morgan fingerprint density at radius 3 is 2.71 bits per heavy atom. The lowest BCUT2D eigenvalue weighted by Gasteiger charge is -2.26. The Bertz CT molecular complexity index is 135. The Labute approximate surface area is 89.7 Å². The second-order valence-electron chi connectivity index (χ2n) is 4.31. The van der Waals surface area contributed by atoms with E-state index < -0.39 is 9.04 Å². The fraction of sp³-hybridized carbons (Fsp3) is 1.00. The van der Waals surface area contributed by atoms with Crippen LogP contribution in [0.4, 0.5) is 0 Å². The summed E-state index contributed by atoms with van der Waals surface area (Å²) in [5, 5.41) is 0. The molecule has 2 atom stereocenters. The van der Waals surface area contributed by atoms with E-state index in [1.54, 1.807) is 0 Å². The van der Waals surface area contributed by atoms with E-state index in [2.05, 4.69) is 13.8 Å². The normalized spacial score (nSPS) is 24.9. The molecule has 1 heterocycles. The van der Waals surface area contributed by atoms with Crippen LogP contribution in [-0.2, 0) is 9.16 Å². The van der Waals surface area contributed by atoms with Gasteiger partial charge in [-0.05, 0) is 5.54 Å². The van der Waals surface area contributed by atoms with Crippen LogP contribution < -0.4 is 0 Å². The first-order valence-electron chi connectivity index (χ1n) is 6.04. The van der Waals surface area contributed by atoms with Gasteiger partial charge in [0.05, 0.1) is 19.4 Å². The van der Waals surface area contributed by atoms with Crippen molar-refractivity contribution in [2.24, 2.45) is 0 Å². The number of unbranched alkanes of at least 4 members (excludes halogenated alkanes) is 3. The first kappa shape index (κ1) is 12.2. The lowest BCUT2D eigenvalue weighted by molar-refractivity contribution is 0.0815. The van der Waals surface area contributed by atoms with E-state index in [1.165, 1.54) is 32.1 Å². The summed E-state index contributed by atoms with van der Waals surface area (Å²) in [6.07, 6.45) is 7.77. The van der Waals surface area contributed by atoms with Gasteiger partial charge >= 0.3 is 0 Å². The molecule has 1 aliphatic rings. The molecule has 1 aliphatic heterocycles. The minimum Gasteiger partial charge on any atom is -0.415 e. The van der Waals surface area contributed by atoms with Crippen molar-refractivity contribution < 1.29 is 9.16 Å². The van der Waals surface area contributed by atoms with E-state index in [0.717, 1.165) is 25.0 Å². The molecule has 0 aromatic carbocycles. The molecule has 84 valence electrons. The lowest BCUT2D eigenvalue weighted by atomic mass is 10.1. The highest BCUT2D eigenvalue weighted by Gasteiger charge is 2.23. The number of rotatable bonds is 6. The van der Waals surface area contributed by atoms with Gasteiger partial charge in [-0.3, -0.25) is 0 Å². The van der Waals surface area contributed by atoms with Gasteiger partial charge in [0.25, 0.3) is 0 Å². The lowest BCUT2D eigenvalue weighted by Crippen LogP contribution is -2.36. The standard InChI is InChI=1S/C11H24O2Si/c1-3-4-5-6-7-11(2)14-10-12-8-9-13-14/h11,14H,3-10H2,1-2H3. The van der Waals surface area contributed by atoms with Gasteiger partial charge in [0, 0.05) is 0 Å². The Morgan fingerprint density at radius 1 is 1.21 bits per heavy atom. The number of ether oxygens (including phenoxy) is 1. The molecule has 0 aliphatic carbocycles. The Morgan fingerprint density at radius 2 is 2.07 bits per heavy atom. The fourth-order valence-corrected chi connectivity index (χ4v) is 4.07. The molecular formula is C11H24O2Si. The van der Waals surface area contributed by atoms with Crippen molar-refractivity contribution in [1.82, 2.24) is 0 Å². The van der Waals surface area contributed by atoms with Gasteiger partial charge in [0.2, 0.25) is 9.04 Å². The largest absolute Gasteiger partial charge is 0.415 e. The molecule has 0 saturated carbocycles. The van der Waals surface area contributed by atoms with Crippen LogP contribution in [0.2, 0.25) is 5.54 Å². The molecule has 0 bridgehead atoms. The summed E-state index contributed by atoms with van der Waals surface area (Å²) in [4.78, 5) is 0. The van der Waals surface area contributed by atoms with Crippen LogP contribution in [0.25, 0.3) is 0 Å². The van der Waals surface area contributed by atoms with Crippen LogP contribution in [0.3, 0.4) is 0 Å². The number of hydrogen-bond donors (Lipinski definition) is 0. The summed E-state index contributed by atoms with van der Waals surface area (Å²) < 4.78 is 11.3. The predicted molar refractivity (Wildman–Crippen MR) is 62.1 cm³/mol.